The van der Waals surface area contributed by atoms with Crippen LogP contribution in [0.5, 0.6) is 0 Å². The maximum Gasteiger partial charge on any atom is 0.154 e. The summed E-state index contributed by atoms with van der Waals surface area (Å²) in [5.41, 5.74) is 1.15. The van der Waals surface area contributed by atoms with Crippen LogP contribution in [-0.2, 0) is 0 Å². The van der Waals surface area contributed by atoms with Gasteiger partial charge in [0.1, 0.15) is 5.76 Å². The molecule has 17 heavy (non-hydrogen) atoms. The fourth-order valence-corrected chi connectivity index (χ4v) is 1.73. The van der Waals surface area contributed by atoms with E-state index < -0.39 is 6.04 Å². The molecule has 1 heterocycles. The molecule has 1 aromatic heterocycles. The summed E-state index contributed by atoms with van der Waals surface area (Å²) in [5, 5.41) is 12.4. The Labute approximate surface area is 101 Å². The summed E-state index contributed by atoms with van der Waals surface area (Å²) in [4.78, 5) is 0. The van der Waals surface area contributed by atoms with Crippen molar-refractivity contribution in [1.82, 2.24) is 5.32 Å². The van der Waals surface area contributed by atoms with Crippen molar-refractivity contribution in [3.63, 3.8) is 0 Å². The molecule has 3 heteroatoms. The molecule has 0 aliphatic rings. The Bertz CT molecular complexity index is 485. The van der Waals surface area contributed by atoms with Crippen molar-refractivity contribution in [3.8, 4) is 6.07 Å². The lowest BCUT2D eigenvalue weighted by Gasteiger charge is -2.17. The average molecular weight is 226 g/mol. The third-order valence-corrected chi connectivity index (χ3v) is 2.67. The highest BCUT2D eigenvalue weighted by Crippen LogP contribution is 2.19. The molecule has 2 atom stereocenters. The molecule has 1 aromatic carbocycles. The first kappa shape index (κ1) is 11.4. The Morgan fingerprint density at radius 3 is 2.53 bits per heavy atom. The molecule has 2 rings (SSSR count). The van der Waals surface area contributed by atoms with Crippen molar-refractivity contribution in [1.29, 1.82) is 5.26 Å². The summed E-state index contributed by atoms with van der Waals surface area (Å²) in [6.07, 6.45) is 1.58. The number of rotatable bonds is 4. The second kappa shape index (κ2) is 5.33. The van der Waals surface area contributed by atoms with Gasteiger partial charge in [-0.2, -0.15) is 5.26 Å². The van der Waals surface area contributed by atoms with Crippen LogP contribution in [0.4, 0.5) is 0 Å². The summed E-state index contributed by atoms with van der Waals surface area (Å²) in [7, 11) is 0. The zero-order valence-electron chi connectivity index (χ0n) is 9.63. The van der Waals surface area contributed by atoms with E-state index in [1.165, 1.54) is 0 Å². The van der Waals surface area contributed by atoms with Gasteiger partial charge in [0.05, 0.1) is 12.3 Å². The molecule has 0 saturated heterocycles. The van der Waals surface area contributed by atoms with Gasteiger partial charge < -0.3 is 4.42 Å². The molecular weight excluding hydrogens is 212 g/mol. The number of nitrogens with zero attached hydrogens (tertiary/aromatic N) is 1. The van der Waals surface area contributed by atoms with Gasteiger partial charge in [-0.1, -0.05) is 30.3 Å². The molecule has 0 unspecified atom stereocenters. The van der Waals surface area contributed by atoms with E-state index in [1.54, 1.807) is 18.4 Å². The van der Waals surface area contributed by atoms with Crippen LogP contribution in [0.25, 0.3) is 0 Å². The van der Waals surface area contributed by atoms with Crippen molar-refractivity contribution in [2.75, 3.05) is 0 Å². The third-order valence-electron chi connectivity index (χ3n) is 2.67. The molecule has 0 aliphatic carbocycles. The lowest BCUT2D eigenvalue weighted by atomic mass is 10.1. The lowest BCUT2D eigenvalue weighted by molar-refractivity contribution is 0.431. The molecule has 0 radical (unpaired) electrons. The standard InChI is InChI=1S/C14H14N2O/c1-11(12-6-3-2-4-7-12)16-13(10-15)14-8-5-9-17-14/h2-9,11,13,16H,1H3/t11-,13-/m0/s1. The van der Waals surface area contributed by atoms with E-state index in [-0.39, 0.29) is 6.04 Å². The highest BCUT2D eigenvalue weighted by Gasteiger charge is 2.16. The molecule has 1 N–H and O–H groups in total. The van der Waals surface area contributed by atoms with Crippen LogP contribution >= 0.6 is 0 Å². The first-order chi connectivity index (χ1) is 8.31. The van der Waals surface area contributed by atoms with E-state index in [9.17, 15) is 0 Å². The minimum Gasteiger partial charge on any atom is -0.467 e. The summed E-state index contributed by atoms with van der Waals surface area (Å²) >= 11 is 0. The van der Waals surface area contributed by atoms with E-state index in [1.807, 2.05) is 37.3 Å². The average Bonchev–Trinajstić information content (AvgIpc) is 2.90. The van der Waals surface area contributed by atoms with Crippen LogP contribution in [0.1, 0.15) is 30.3 Å². The second-order valence-corrected chi connectivity index (χ2v) is 3.88. The third kappa shape index (κ3) is 2.74. The minimum absolute atomic E-state index is 0.103. The van der Waals surface area contributed by atoms with Gasteiger partial charge in [-0.3, -0.25) is 5.32 Å². The Morgan fingerprint density at radius 1 is 1.18 bits per heavy atom. The number of benzene rings is 1. The molecule has 0 bridgehead atoms. The van der Waals surface area contributed by atoms with Crippen LogP contribution in [0.2, 0.25) is 0 Å². The van der Waals surface area contributed by atoms with Crippen molar-refractivity contribution >= 4 is 0 Å². The largest absolute Gasteiger partial charge is 0.467 e. The Morgan fingerprint density at radius 2 is 1.94 bits per heavy atom. The van der Waals surface area contributed by atoms with Crippen LogP contribution in [-0.4, -0.2) is 0 Å². The fraction of sp³-hybridized carbons (Fsp3) is 0.214. The fourth-order valence-electron chi connectivity index (χ4n) is 1.73. The first-order valence-corrected chi connectivity index (χ1v) is 5.55. The number of hydrogen-bond donors (Lipinski definition) is 1. The van der Waals surface area contributed by atoms with Gasteiger partial charge in [-0.05, 0) is 24.6 Å². The Balaban J connectivity index is 2.08. The molecule has 0 amide bonds. The van der Waals surface area contributed by atoms with E-state index >= 15 is 0 Å². The second-order valence-electron chi connectivity index (χ2n) is 3.88. The van der Waals surface area contributed by atoms with Gasteiger partial charge in [0, 0.05) is 6.04 Å². The number of nitrogens with one attached hydrogen (secondary N) is 1. The summed E-state index contributed by atoms with van der Waals surface area (Å²) in [6, 6.07) is 15.5. The van der Waals surface area contributed by atoms with E-state index in [0.29, 0.717) is 5.76 Å². The zero-order chi connectivity index (χ0) is 12.1. The highest BCUT2D eigenvalue weighted by molar-refractivity contribution is 5.20. The Kier molecular flexibility index (Phi) is 3.59. The summed E-state index contributed by atoms with van der Waals surface area (Å²) in [6.45, 7) is 2.03. The quantitative estimate of drug-likeness (QED) is 0.870. The van der Waals surface area contributed by atoms with Crippen LogP contribution in [0.15, 0.2) is 53.1 Å². The maximum atomic E-state index is 9.12. The van der Waals surface area contributed by atoms with Gasteiger partial charge >= 0.3 is 0 Å². The van der Waals surface area contributed by atoms with E-state index in [2.05, 4.69) is 11.4 Å². The van der Waals surface area contributed by atoms with E-state index in [0.717, 1.165) is 5.56 Å². The van der Waals surface area contributed by atoms with Crippen molar-refractivity contribution in [2.45, 2.75) is 19.0 Å². The predicted octanol–water partition coefficient (Wildman–Crippen LogP) is 3.20. The highest BCUT2D eigenvalue weighted by atomic mass is 16.3. The monoisotopic (exact) mass is 226 g/mol. The first-order valence-electron chi connectivity index (χ1n) is 5.55. The molecule has 0 fully saturated rings. The smallest absolute Gasteiger partial charge is 0.154 e. The number of hydrogen-bond acceptors (Lipinski definition) is 3. The van der Waals surface area contributed by atoms with Crippen LogP contribution in [0, 0.1) is 11.3 Å². The molecule has 0 spiro atoms. The molecule has 0 aliphatic heterocycles. The topological polar surface area (TPSA) is 49.0 Å². The lowest BCUT2D eigenvalue weighted by Crippen LogP contribution is -2.23. The molecule has 3 nitrogen and oxygen atoms in total. The van der Waals surface area contributed by atoms with Gasteiger partial charge in [0.25, 0.3) is 0 Å². The maximum absolute atomic E-state index is 9.12. The SMILES string of the molecule is C[C@H](N[C@@H](C#N)c1ccco1)c1ccccc1. The van der Waals surface area contributed by atoms with Gasteiger partial charge in [0.15, 0.2) is 6.04 Å². The van der Waals surface area contributed by atoms with Crippen LogP contribution in [0.3, 0.4) is 0 Å². The molecule has 0 saturated carbocycles. The summed E-state index contributed by atoms with van der Waals surface area (Å²) < 4.78 is 5.24. The zero-order valence-corrected chi connectivity index (χ0v) is 9.63. The normalized spacial score (nSPS) is 13.9. The van der Waals surface area contributed by atoms with Crippen LogP contribution < -0.4 is 5.32 Å². The van der Waals surface area contributed by atoms with Gasteiger partial charge in [0.2, 0.25) is 0 Å². The van der Waals surface area contributed by atoms with Gasteiger partial charge in [-0.15, -0.1) is 0 Å². The number of furan rings is 1. The van der Waals surface area contributed by atoms with E-state index in [4.69, 9.17) is 9.68 Å². The molecular formula is C14H14N2O. The number of nitriles is 1. The minimum atomic E-state index is -0.416. The molecule has 86 valence electrons. The predicted molar refractivity (Wildman–Crippen MR) is 65.1 cm³/mol. The van der Waals surface area contributed by atoms with Gasteiger partial charge in [-0.25, -0.2) is 0 Å². The van der Waals surface area contributed by atoms with Crippen molar-refractivity contribution < 1.29 is 4.42 Å². The molecule has 2 aromatic rings. The Hall–Kier alpha value is -2.05. The van der Waals surface area contributed by atoms with Crippen molar-refractivity contribution in [3.05, 3.63) is 60.1 Å². The summed E-state index contributed by atoms with van der Waals surface area (Å²) in [5.74, 6) is 0.648. The van der Waals surface area contributed by atoms with Crippen molar-refractivity contribution in [2.24, 2.45) is 0 Å².